The summed E-state index contributed by atoms with van der Waals surface area (Å²) in [5.41, 5.74) is 2.51. The molecule has 26 heavy (non-hydrogen) atoms. The van der Waals surface area contributed by atoms with Crippen LogP contribution in [-0.4, -0.2) is 13.4 Å². The summed E-state index contributed by atoms with van der Waals surface area (Å²) in [6, 6.07) is 17.9. The van der Waals surface area contributed by atoms with E-state index in [4.69, 9.17) is 4.18 Å². The molecule has 0 radical (unpaired) electrons. The number of pyridine rings is 1. The zero-order valence-electron chi connectivity index (χ0n) is 14.0. The van der Waals surface area contributed by atoms with Crippen molar-refractivity contribution in [3.8, 4) is 5.88 Å². The molecule has 0 bridgehead atoms. The zero-order chi connectivity index (χ0) is 18.6. The number of rotatable bonds is 5. The van der Waals surface area contributed by atoms with Gasteiger partial charge in [-0.2, -0.15) is 8.42 Å². The standard InChI is InChI=1S/C20H16BrNO3S/c1-15-7-11-19(12-8-15)26(23,24)25-20-17(13-18(21)14-22-20)10-9-16-5-3-2-4-6-16/h2-14H,1H3/b10-9+. The Bertz CT molecular complexity index is 1030. The van der Waals surface area contributed by atoms with E-state index in [1.54, 1.807) is 24.3 Å². The molecule has 0 unspecified atom stereocenters. The monoisotopic (exact) mass is 429 g/mol. The molecule has 3 aromatic rings. The average molecular weight is 430 g/mol. The van der Waals surface area contributed by atoms with Crippen LogP contribution >= 0.6 is 15.9 Å². The van der Waals surface area contributed by atoms with Crippen LogP contribution in [0, 0.1) is 6.92 Å². The maximum absolute atomic E-state index is 12.5. The third-order valence-electron chi connectivity index (χ3n) is 3.60. The second kappa shape index (κ2) is 7.85. The van der Waals surface area contributed by atoms with Gasteiger partial charge < -0.3 is 4.18 Å². The minimum atomic E-state index is -3.96. The molecule has 0 amide bonds. The highest BCUT2D eigenvalue weighted by Crippen LogP contribution is 2.25. The molecule has 0 aliphatic heterocycles. The second-order valence-electron chi connectivity index (χ2n) is 5.64. The molecule has 2 aromatic carbocycles. The van der Waals surface area contributed by atoms with Gasteiger partial charge in [0.2, 0.25) is 5.88 Å². The van der Waals surface area contributed by atoms with Gasteiger partial charge in [0.15, 0.2) is 0 Å². The summed E-state index contributed by atoms with van der Waals surface area (Å²) >= 11 is 3.35. The SMILES string of the molecule is Cc1ccc(S(=O)(=O)Oc2ncc(Br)cc2/C=C/c2ccccc2)cc1. The number of aryl methyl sites for hydroxylation is 1. The van der Waals surface area contributed by atoms with Crippen LogP contribution in [0.3, 0.4) is 0 Å². The Morgan fingerprint density at radius 2 is 1.69 bits per heavy atom. The molecule has 0 spiro atoms. The molecule has 0 saturated heterocycles. The van der Waals surface area contributed by atoms with E-state index in [0.29, 0.717) is 5.56 Å². The molecule has 132 valence electrons. The Morgan fingerprint density at radius 3 is 2.38 bits per heavy atom. The largest absolute Gasteiger partial charge is 0.358 e. The third-order valence-corrected chi connectivity index (χ3v) is 5.26. The normalized spacial score (nSPS) is 11.6. The molecule has 3 rings (SSSR count). The van der Waals surface area contributed by atoms with E-state index >= 15 is 0 Å². The maximum Gasteiger partial charge on any atom is 0.340 e. The van der Waals surface area contributed by atoms with Gasteiger partial charge in [-0.15, -0.1) is 0 Å². The van der Waals surface area contributed by atoms with Crippen molar-refractivity contribution in [1.82, 2.24) is 4.98 Å². The molecular weight excluding hydrogens is 414 g/mol. The van der Waals surface area contributed by atoms with E-state index in [-0.39, 0.29) is 10.8 Å². The van der Waals surface area contributed by atoms with Crippen molar-refractivity contribution in [1.29, 1.82) is 0 Å². The lowest BCUT2D eigenvalue weighted by molar-refractivity contribution is 0.475. The molecular formula is C20H16BrNO3S. The van der Waals surface area contributed by atoms with Gasteiger partial charge in [0, 0.05) is 16.2 Å². The van der Waals surface area contributed by atoms with Crippen molar-refractivity contribution in [2.24, 2.45) is 0 Å². The topological polar surface area (TPSA) is 56.3 Å². The van der Waals surface area contributed by atoms with Gasteiger partial charge in [-0.25, -0.2) is 4.98 Å². The lowest BCUT2D eigenvalue weighted by Crippen LogP contribution is -2.11. The highest BCUT2D eigenvalue weighted by molar-refractivity contribution is 9.10. The number of aromatic nitrogens is 1. The van der Waals surface area contributed by atoms with Gasteiger partial charge >= 0.3 is 10.1 Å². The molecule has 1 aromatic heterocycles. The van der Waals surface area contributed by atoms with Crippen molar-refractivity contribution in [2.45, 2.75) is 11.8 Å². The number of hydrogen-bond acceptors (Lipinski definition) is 4. The highest BCUT2D eigenvalue weighted by atomic mass is 79.9. The smallest absolute Gasteiger partial charge is 0.340 e. The highest BCUT2D eigenvalue weighted by Gasteiger charge is 2.19. The summed E-state index contributed by atoms with van der Waals surface area (Å²) in [5.74, 6) is 0.0287. The van der Waals surface area contributed by atoms with Crippen LogP contribution in [-0.2, 0) is 10.1 Å². The van der Waals surface area contributed by atoms with Gasteiger partial charge in [0.1, 0.15) is 4.90 Å². The van der Waals surface area contributed by atoms with Crippen molar-refractivity contribution in [3.05, 3.63) is 88.0 Å². The average Bonchev–Trinajstić information content (AvgIpc) is 2.63. The summed E-state index contributed by atoms with van der Waals surface area (Å²) < 4.78 is 31.1. The Balaban J connectivity index is 1.93. The molecule has 0 saturated carbocycles. The quantitative estimate of drug-likeness (QED) is 0.529. The molecule has 0 fully saturated rings. The van der Waals surface area contributed by atoms with E-state index in [1.807, 2.05) is 43.3 Å². The molecule has 0 aliphatic carbocycles. The fourth-order valence-corrected chi connectivity index (χ4v) is 3.50. The first kappa shape index (κ1) is 18.4. The van der Waals surface area contributed by atoms with E-state index in [2.05, 4.69) is 20.9 Å². The molecule has 0 aliphatic rings. The molecule has 0 atom stereocenters. The van der Waals surface area contributed by atoms with Crippen molar-refractivity contribution in [2.75, 3.05) is 0 Å². The lowest BCUT2D eigenvalue weighted by atomic mass is 10.1. The van der Waals surface area contributed by atoms with Gasteiger partial charge in [-0.1, -0.05) is 54.1 Å². The first-order valence-corrected chi connectivity index (χ1v) is 10.0. The van der Waals surface area contributed by atoms with Crippen LogP contribution in [0.4, 0.5) is 0 Å². The molecule has 1 heterocycles. The lowest BCUT2D eigenvalue weighted by Gasteiger charge is -2.09. The summed E-state index contributed by atoms with van der Waals surface area (Å²) in [7, 11) is -3.96. The minimum absolute atomic E-state index is 0.0287. The third kappa shape index (κ3) is 4.59. The summed E-state index contributed by atoms with van der Waals surface area (Å²) in [4.78, 5) is 4.21. The van der Waals surface area contributed by atoms with Gasteiger partial charge in [0.25, 0.3) is 0 Å². The van der Waals surface area contributed by atoms with Crippen LogP contribution in [0.1, 0.15) is 16.7 Å². The molecule has 6 heteroatoms. The van der Waals surface area contributed by atoms with Crippen molar-refractivity contribution >= 4 is 38.2 Å². The molecule has 0 N–H and O–H groups in total. The van der Waals surface area contributed by atoms with Crippen LogP contribution in [0.15, 0.2) is 76.2 Å². The predicted octanol–water partition coefficient (Wildman–Crippen LogP) is 5.09. The Labute approximate surface area is 161 Å². The molecule has 4 nitrogen and oxygen atoms in total. The zero-order valence-corrected chi connectivity index (χ0v) is 16.4. The minimum Gasteiger partial charge on any atom is -0.358 e. The van der Waals surface area contributed by atoms with E-state index < -0.39 is 10.1 Å². The van der Waals surface area contributed by atoms with Gasteiger partial charge in [-0.05, 0) is 52.7 Å². The summed E-state index contributed by atoms with van der Waals surface area (Å²) in [6.07, 6.45) is 5.14. The first-order chi connectivity index (χ1) is 12.4. The van der Waals surface area contributed by atoms with E-state index in [0.717, 1.165) is 15.6 Å². The van der Waals surface area contributed by atoms with E-state index in [1.165, 1.54) is 18.3 Å². The van der Waals surface area contributed by atoms with Gasteiger partial charge in [0.05, 0.1) is 0 Å². The van der Waals surface area contributed by atoms with E-state index in [9.17, 15) is 8.42 Å². The van der Waals surface area contributed by atoms with Crippen molar-refractivity contribution < 1.29 is 12.6 Å². The second-order valence-corrected chi connectivity index (χ2v) is 8.10. The number of nitrogens with zero attached hydrogens (tertiary/aromatic N) is 1. The predicted molar refractivity (Wildman–Crippen MR) is 106 cm³/mol. The van der Waals surface area contributed by atoms with Crippen LogP contribution in [0.5, 0.6) is 5.88 Å². The number of benzene rings is 2. The fraction of sp³-hybridized carbons (Fsp3) is 0.0500. The Hall–Kier alpha value is -2.44. The van der Waals surface area contributed by atoms with Crippen molar-refractivity contribution in [3.63, 3.8) is 0 Å². The van der Waals surface area contributed by atoms with Crippen LogP contribution < -0.4 is 4.18 Å². The fourth-order valence-electron chi connectivity index (χ4n) is 2.24. The number of hydrogen-bond donors (Lipinski definition) is 0. The first-order valence-electron chi connectivity index (χ1n) is 7.84. The summed E-state index contributed by atoms with van der Waals surface area (Å²) in [5, 5.41) is 0. The Kier molecular flexibility index (Phi) is 5.54. The van der Waals surface area contributed by atoms with Crippen LogP contribution in [0.2, 0.25) is 0 Å². The maximum atomic E-state index is 12.5. The number of halogens is 1. The van der Waals surface area contributed by atoms with Gasteiger partial charge in [-0.3, -0.25) is 0 Å². The van der Waals surface area contributed by atoms with Crippen LogP contribution in [0.25, 0.3) is 12.2 Å². The summed E-state index contributed by atoms with van der Waals surface area (Å²) in [6.45, 7) is 1.89. The Morgan fingerprint density at radius 1 is 1.00 bits per heavy atom.